The molecule has 3 aliphatic heterocycles. The van der Waals surface area contributed by atoms with Gasteiger partial charge in [0.1, 0.15) is 36.4 Å². The van der Waals surface area contributed by atoms with E-state index < -0.39 is 11.7 Å². The lowest BCUT2D eigenvalue weighted by atomic mass is 10.0. The van der Waals surface area contributed by atoms with E-state index in [4.69, 9.17) is 34.8 Å². The van der Waals surface area contributed by atoms with Crippen molar-refractivity contribution in [2.24, 2.45) is 0 Å². The zero-order valence-corrected chi connectivity index (χ0v) is 41.3. The van der Waals surface area contributed by atoms with E-state index in [-0.39, 0.29) is 35.3 Å². The summed E-state index contributed by atoms with van der Waals surface area (Å²) in [6.45, 7) is 7.71. The number of hydrogen-bond acceptors (Lipinski definition) is 12. The fraction of sp³-hybridized carbons (Fsp3) is 0.365. The van der Waals surface area contributed by atoms with Crippen molar-refractivity contribution in [2.45, 2.75) is 84.2 Å². The number of piperidine rings is 3. The zero-order valence-electron chi connectivity index (χ0n) is 39.0. The Bertz CT molecular complexity index is 2820. The minimum atomic E-state index is -4.43. The summed E-state index contributed by atoms with van der Waals surface area (Å²) in [6.07, 6.45) is 12.3. The Kier molecular flexibility index (Phi) is 17.9. The maximum Gasteiger partial charge on any atom is 0.416 e. The molecule has 0 atom stereocenters. The highest BCUT2D eigenvalue weighted by atomic mass is 35.5. The van der Waals surface area contributed by atoms with Crippen molar-refractivity contribution in [3.8, 4) is 0 Å². The van der Waals surface area contributed by atoms with Crippen LogP contribution < -0.4 is 14.7 Å². The number of ketones is 3. The van der Waals surface area contributed by atoms with Crippen LogP contribution in [-0.2, 0) is 46.2 Å². The predicted molar refractivity (Wildman–Crippen MR) is 267 cm³/mol. The molecule has 9 rings (SSSR count). The first-order valence-corrected chi connectivity index (χ1v) is 24.3. The molecule has 3 aromatic heterocycles. The van der Waals surface area contributed by atoms with Crippen molar-refractivity contribution < 1.29 is 27.6 Å². The molecule has 3 saturated heterocycles. The summed E-state index contributed by atoms with van der Waals surface area (Å²) in [5.74, 6) is 3.00. The lowest BCUT2D eigenvalue weighted by molar-refractivity contribution is -0.137. The van der Waals surface area contributed by atoms with E-state index >= 15 is 0 Å². The van der Waals surface area contributed by atoms with Gasteiger partial charge in [-0.05, 0) is 84.7 Å². The van der Waals surface area contributed by atoms with Gasteiger partial charge in [-0.2, -0.15) is 13.2 Å². The molecule has 366 valence electrons. The van der Waals surface area contributed by atoms with Gasteiger partial charge in [-0.1, -0.05) is 72.1 Å². The number of aryl methyl sites for hydroxylation is 2. The van der Waals surface area contributed by atoms with Crippen molar-refractivity contribution in [2.75, 3.05) is 54.0 Å². The molecule has 0 aliphatic carbocycles. The quantitative estimate of drug-likeness (QED) is 0.129. The summed E-state index contributed by atoms with van der Waals surface area (Å²) >= 11 is 18.8. The fourth-order valence-corrected chi connectivity index (χ4v) is 9.39. The number of benzene rings is 3. The Morgan fingerprint density at radius 3 is 1.27 bits per heavy atom. The highest BCUT2D eigenvalue weighted by Gasteiger charge is 2.31. The number of alkyl halides is 3. The third kappa shape index (κ3) is 14.1. The molecule has 3 aliphatic rings. The molecule has 6 aromatic rings. The summed E-state index contributed by atoms with van der Waals surface area (Å²) in [4.78, 5) is 66.5. The number of rotatable bonds is 10. The van der Waals surface area contributed by atoms with Gasteiger partial charge in [-0.25, -0.2) is 29.9 Å². The van der Waals surface area contributed by atoms with Crippen LogP contribution in [0.4, 0.5) is 30.6 Å². The van der Waals surface area contributed by atoms with Gasteiger partial charge in [-0.15, -0.1) is 0 Å². The second-order valence-corrected chi connectivity index (χ2v) is 18.7. The van der Waals surface area contributed by atoms with E-state index in [1.807, 2.05) is 47.3 Å². The number of anilines is 3. The summed E-state index contributed by atoms with van der Waals surface area (Å²) in [5.41, 5.74) is 6.97. The highest BCUT2D eigenvalue weighted by molar-refractivity contribution is 6.32. The molecular weight excluding hydrogens is 962 g/mol. The van der Waals surface area contributed by atoms with E-state index in [0.717, 1.165) is 106 Å². The molecule has 0 spiro atoms. The van der Waals surface area contributed by atoms with E-state index in [0.29, 0.717) is 63.1 Å². The van der Waals surface area contributed by atoms with E-state index in [1.165, 1.54) is 24.3 Å². The molecule has 6 heterocycles. The van der Waals surface area contributed by atoms with Gasteiger partial charge in [-0.3, -0.25) is 14.4 Å². The molecule has 3 fully saturated rings. The lowest BCUT2D eigenvalue weighted by Gasteiger charge is -2.28. The van der Waals surface area contributed by atoms with Crippen LogP contribution in [0.2, 0.25) is 15.1 Å². The average molecular weight is 1020 g/mol. The Hall–Kier alpha value is -6.03. The van der Waals surface area contributed by atoms with Gasteiger partial charge >= 0.3 is 6.18 Å². The topological polar surface area (TPSA) is 138 Å². The molecule has 0 unspecified atom stereocenters. The van der Waals surface area contributed by atoms with Gasteiger partial charge < -0.3 is 14.7 Å². The van der Waals surface area contributed by atoms with Crippen molar-refractivity contribution in [3.05, 3.63) is 157 Å². The van der Waals surface area contributed by atoms with Crippen LogP contribution in [0.15, 0.2) is 92.2 Å². The first-order valence-electron chi connectivity index (χ1n) is 23.2. The number of hydrogen-bond donors (Lipinski definition) is 0. The van der Waals surface area contributed by atoms with Crippen LogP contribution >= 0.6 is 34.8 Å². The number of halogens is 6. The largest absolute Gasteiger partial charge is 0.416 e. The minimum Gasteiger partial charge on any atom is -0.349 e. The molecule has 3 aromatic carbocycles. The number of Topliss-reactive ketones (excluding diaryl/α,β-unsaturated/α-hetero) is 3. The third-order valence-electron chi connectivity index (χ3n) is 12.2. The molecule has 0 N–H and O–H groups in total. The highest BCUT2D eigenvalue weighted by Crippen LogP contribution is 2.34. The number of nitrogens with zero attached hydrogens (tertiary/aromatic N) is 9. The van der Waals surface area contributed by atoms with Gasteiger partial charge in [0, 0.05) is 109 Å². The molecule has 0 bridgehead atoms. The van der Waals surface area contributed by atoms with Crippen molar-refractivity contribution in [3.63, 3.8) is 0 Å². The van der Waals surface area contributed by atoms with Gasteiger partial charge in [0.25, 0.3) is 0 Å². The van der Waals surface area contributed by atoms with Crippen LogP contribution in [0.25, 0.3) is 0 Å². The van der Waals surface area contributed by atoms with Gasteiger partial charge in [0.15, 0.2) is 17.3 Å². The first kappa shape index (κ1) is 51.8. The molecule has 0 radical (unpaired) electrons. The molecule has 0 amide bonds. The summed E-state index contributed by atoms with van der Waals surface area (Å²) in [6, 6.07) is 15.5. The predicted octanol–water partition coefficient (Wildman–Crippen LogP) is 10.6. The second-order valence-electron chi connectivity index (χ2n) is 17.5. The number of carbonyl (C=O) groups excluding carboxylic acids is 3. The molecule has 18 heteroatoms. The second kappa shape index (κ2) is 24.2. The molecule has 70 heavy (non-hydrogen) atoms. The van der Waals surface area contributed by atoms with Crippen LogP contribution in [0.1, 0.15) is 95.5 Å². The number of carbonyl (C=O) groups is 3. The standard InChI is InChI=1S/C18H20ClN3O.C17H15ClF3N3O.C17H18ClN3O/c1-2-13-5-6-14(17(19)8-13)9-15-10-20-12-21-18(15)22-7-3-4-16(23)11-22;18-15-7-13(17(19,20)21)4-3-11(15)6-12-8-22-10-23-16(12)24-5-1-2-14(25)9-24;1-12-4-5-13(16(18)7-12)8-14-9-19-11-20-17(14)21-6-2-3-15(22)10-21/h5-6,8,10,12H,2-4,7,9,11H2,1H3;3-4,7-8,10H,1-2,5-6,9H2;4-5,7,9,11H,2-3,6,8,10H2,1H3. The van der Waals surface area contributed by atoms with Crippen molar-refractivity contribution in [1.29, 1.82) is 0 Å². The van der Waals surface area contributed by atoms with E-state index in [2.05, 4.69) is 59.9 Å². The van der Waals surface area contributed by atoms with Gasteiger partial charge in [0.05, 0.1) is 25.2 Å². The van der Waals surface area contributed by atoms with Crippen molar-refractivity contribution >= 4 is 69.6 Å². The first-order chi connectivity index (χ1) is 33.6. The summed E-state index contributed by atoms with van der Waals surface area (Å²) in [5, 5.41) is 1.57. The monoisotopic (exact) mass is 1010 g/mol. The lowest BCUT2D eigenvalue weighted by Crippen LogP contribution is -2.36. The van der Waals surface area contributed by atoms with E-state index in [1.54, 1.807) is 12.5 Å². The van der Waals surface area contributed by atoms with E-state index in [9.17, 15) is 27.6 Å². The molecule has 0 saturated carbocycles. The summed E-state index contributed by atoms with van der Waals surface area (Å²) < 4.78 is 38.3. The van der Waals surface area contributed by atoms with Crippen LogP contribution in [0.3, 0.4) is 0 Å². The Labute approximate surface area is 420 Å². The zero-order chi connectivity index (χ0) is 49.8. The molecule has 12 nitrogen and oxygen atoms in total. The normalized spacial score (nSPS) is 15.3. The Morgan fingerprint density at radius 2 is 0.914 bits per heavy atom. The van der Waals surface area contributed by atoms with Crippen LogP contribution in [0.5, 0.6) is 0 Å². The van der Waals surface area contributed by atoms with Crippen LogP contribution in [-0.4, -0.2) is 86.5 Å². The summed E-state index contributed by atoms with van der Waals surface area (Å²) in [7, 11) is 0. The SMILES string of the molecule is CCc1ccc(Cc2cncnc2N2CCCC(=O)C2)c(Cl)c1.Cc1ccc(Cc2cncnc2N2CCCC(=O)C2)c(Cl)c1.O=C1CCCN(c2ncncc2Cc2ccc(C(F)(F)F)cc2Cl)C1. The van der Waals surface area contributed by atoms with Crippen molar-refractivity contribution in [1.82, 2.24) is 29.9 Å². The maximum atomic E-state index is 12.8. The van der Waals surface area contributed by atoms with Crippen LogP contribution in [0, 0.1) is 6.92 Å². The van der Waals surface area contributed by atoms with Gasteiger partial charge in [0.2, 0.25) is 0 Å². The minimum absolute atomic E-state index is 0.0411. The maximum absolute atomic E-state index is 12.8. The third-order valence-corrected chi connectivity index (χ3v) is 13.3. The Morgan fingerprint density at radius 1 is 0.529 bits per heavy atom. The average Bonchev–Trinajstić information content (AvgIpc) is 3.34. The molecular formula is C52H53Cl3F3N9O3. The number of aromatic nitrogens is 6. The Balaban J connectivity index is 0.000000155. The fourth-order valence-electron chi connectivity index (χ4n) is 8.57. The smallest absolute Gasteiger partial charge is 0.349 e.